The summed E-state index contributed by atoms with van der Waals surface area (Å²) >= 11 is 0. The molecule has 3 aliphatic rings. The number of nitrogens with zero attached hydrogens (tertiary/aromatic N) is 1. The van der Waals surface area contributed by atoms with Crippen LogP contribution in [-0.4, -0.2) is 0 Å². The fourth-order valence-corrected chi connectivity index (χ4v) is 10.1. The third-order valence-corrected chi connectivity index (χ3v) is 12.8. The first kappa shape index (κ1) is 36.6. The Labute approximate surface area is 359 Å². The predicted octanol–water partition coefficient (Wildman–Crippen LogP) is 15.5. The number of benzene rings is 8. The molecule has 0 aromatic heterocycles. The summed E-state index contributed by atoms with van der Waals surface area (Å²) in [5.74, 6) is 0.500. The van der Waals surface area contributed by atoms with Gasteiger partial charge in [0, 0.05) is 34.5 Å². The Morgan fingerprint density at radius 2 is 1.16 bits per heavy atom. The molecule has 0 saturated heterocycles. The van der Waals surface area contributed by atoms with Crippen LogP contribution < -0.4 is 10.2 Å². The Balaban J connectivity index is 1.09. The Morgan fingerprint density at radius 1 is 0.508 bits per heavy atom. The van der Waals surface area contributed by atoms with Crippen LogP contribution in [0.15, 0.2) is 219 Å². The Kier molecular flexibility index (Phi) is 9.20. The summed E-state index contributed by atoms with van der Waals surface area (Å²) in [5, 5.41) is 6.25. The minimum absolute atomic E-state index is 0.492. The quantitative estimate of drug-likeness (QED) is 0.139. The van der Waals surface area contributed by atoms with Gasteiger partial charge in [-0.15, -0.1) is 0 Å². The molecule has 2 nitrogen and oxygen atoms in total. The summed E-state index contributed by atoms with van der Waals surface area (Å²) < 4.78 is 0. The Morgan fingerprint density at radius 3 is 1.98 bits per heavy atom. The van der Waals surface area contributed by atoms with Crippen molar-refractivity contribution in [2.45, 2.75) is 25.2 Å². The van der Waals surface area contributed by atoms with Crippen LogP contribution >= 0.6 is 0 Å². The Bertz CT molecular complexity index is 3070. The Hall–Kier alpha value is -7.42. The van der Waals surface area contributed by atoms with Crippen molar-refractivity contribution in [1.82, 2.24) is 0 Å². The molecule has 0 radical (unpaired) electrons. The van der Waals surface area contributed by atoms with E-state index in [0.717, 1.165) is 22.7 Å². The van der Waals surface area contributed by atoms with E-state index in [1.807, 2.05) is 6.07 Å². The van der Waals surface area contributed by atoms with Gasteiger partial charge in [0.1, 0.15) is 0 Å². The lowest BCUT2D eigenvalue weighted by Crippen LogP contribution is -2.27. The number of hydrogen-bond donors (Lipinski definition) is 1. The largest absolute Gasteiger partial charge is 0.361 e. The van der Waals surface area contributed by atoms with Gasteiger partial charge in [0.05, 0.1) is 5.41 Å². The van der Waals surface area contributed by atoms with Crippen molar-refractivity contribution in [3.05, 3.63) is 258 Å². The summed E-state index contributed by atoms with van der Waals surface area (Å²) in [6, 6.07) is 69.1. The second kappa shape index (κ2) is 15.3. The molecule has 1 atom stereocenters. The molecular weight excluding hydrogens is 737 g/mol. The van der Waals surface area contributed by atoms with E-state index in [1.165, 1.54) is 84.8 Å². The van der Waals surface area contributed by atoms with Crippen LogP contribution in [0.25, 0.3) is 39.1 Å². The van der Waals surface area contributed by atoms with E-state index in [2.05, 4.69) is 236 Å². The molecule has 8 aromatic rings. The minimum Gasteiger partial charge on any atom is -0.361 e. The molecule has 8 aromatic carbocycles. The summed E-state index contributed by atoms with van der Waals surface area (Å²) in [6.07, 6.45) is 15.0. The molecule has 0 heterocycles. The van der Waals surface area contributed by atoms with Gasteiger partial charge in [0.15, 0.2) is 0 Å². The van der Waals surface area contributed by atoms with E-state index >= 15 is 0 Å². The van der Waals surface area contributed by atoms with Crippen molar-refractivity contribution in [3.63, 3.8) is 0 Å². The van der Waals surface area contributed by atoms with E-state index in [0.29, 0.717) is 5.92 Å². The molecule has 0 aliphatic heterocycles. The van der Waals surface area contributed by atoms with Gasteiger partial charge in [-0.2, -0.15) is 0 Å². The molecular formula is C59H46N2. The highest BCUT2D eigenvalue weighted by Gasteiger charge is 2.56. The van der Waals surface area contributed by atoms with Crippen molar-refractivity contribution < 1.29 is 0 Å². The number of para-hydroxylation sites is 1. The maximum absolute atomic E-state index is 3.78. The van der Waals surface area contributed by atoms with E-state index in [-0.39, 0.29) is 0 Å². The van der Waals surface area contributed by atoms with Crippen molar-refractivity contribution in [2.75, 3.05) is 10.2 Å². The summed E-state index contributed by atoms with van der Waals surface area (Å²) in [7, 11) is 0. The van der Waals surface area contributed by atoms with Crippen LogP contribution in [-0.2, 0) is 5.41 Å². The molecule has 2 heteroatoms. The zero-order valence-corrected chi connectivity index (χ0v) is 34.3. The van der Waals surface area contributed by atoms with E-state index in [9.17, 15) is 0 Å². The number of hydrogen-bond acceptors (Lipinski definition) is 2. The highest BCUT2D eigenvalue weighted by molar-refractivity contribution is 6.13. The van der Waals surface area contributed by atoms with Crippen molar-refractivity contribution in [1.29, 1.82) is 0 Å². The fraction of sp³-hybridized carbons (Fsp3) is 0.0847. The second-order valence-corrected chi connectivity index (χ2v) is 16.5. The molecule has 1 fully saturated rings. The molecule has 3 aliphatic carbocycles. The number of fused-ring (bicyclic) bond motifs is 8. The van der Waals surface area contributed by atoms with Gasteiger partial charge < -0.3 is 10.2 Å². The van der Waals surface area contributed by atoms with Gasteiger partial charge in [-0.05, 0) is 141 Å². The maximum atomic E-state index is 3.78. The number of rotatable bonds is 10. The first-order chi connectivity index (χ1) is 30.2. The van der Waals surface area contributed by atoms with Crippen LogP contribution in [0.2, 0.25) is 0 Å². The van der Waals surface area contributed by atoms with Crippen molar-refractivity contribution >= 4 is 50.7 Å². The van der Waals surface area contributed by atoms with Gasteiger partial charge in [-0.1, -0.05) is 170 Å². The van der Waals surface area contributed by atoms with Gasteiger partial charge in [-0.3, -0.25) is 0 Å². The van der Waals surface area contributed by atoms with Crippen LogP contribution in [0.1, 0.15) is 51.8 Å². The number of nitrogens with one attached hydrogen (secondary N) is 1. The molecule has 1 unspecified atom stereocenters. The van der Waals surface area contributed by atoms with Gasteiger partial charge >= 0.3 is 0 Å². The van der Waals surface area contributed by atoms with Crippen LogP contribution in [0.4, 0.5) is 22.7 Å². The predicted molar refractivity (Wildman–Crippen MR) is 258 cm³/mol. The summed E-state index contributed by atoms with van der Waals surface area (Å²) in [5.41, 5.74) is 18.9. The summed E-state index contributed by atoms with van der Waals surface area (Å²) in [4.78, 5) is 2.41. The molecule has 0 amide bonds. The molecule has 1 saturated carbocycles. The molecule has 1 spiro atoms. The average Bonchev–Trinajstić information content (AvgIpc) is 4.05. The van der Waals surface area contributed by atoms with Gasteiger partial charge in [-0.25, -0.2) is 0 Å². The normalized spacial score (nSPS) is 16.5. The third kappa shape index (κ3) is 6.26. The van der Waals surface area contributed by atoms with E-state index in [4.69, 9.17) is 0 Å². The lowest BCUT2D eigenvalue weighted by molar-refractivity contribution is 0.840. The maximum Gasteiger partial charge on any atom is 0.0729 e. The van der Waals surface area contributed by atoms with Crippen LogP contribution in [0.5, 0.6) is 0 Å². The lowest BCUT2D eigenvalue weighted by Gasteiger charge is -2.34. The zero-order chi connectivity index (χ0) is 40.8. The average molecular weight is 783 g/mol. The van der Waals surface area contributed by atoms with Crippen LogP contribution in [0.3, 0.4) is 0 Å². The first-order valence-corrected chi connectivity index (χ1v) is 21.5. The number of allylic oxidation sites excluding steroid dienone is 6. The summed E-state index contributed by atoms with van der Waals surface area (Å²) in [6.45, 7) is 2.29. The van der Waals surface area contributed by atoms with E-state index in [1.54, 1.807) is 0 Å². The van der Waals surface area contributed by atoms with Crippen molar-refractivity contribution in [3.8, 4) is 11.1 Å². The van der Waals surface area contributed by atoms with Crippen molar-refractivity contribution in [2.24, 2.45) is 5.92 Å². The standard InChI is InChI=1S/C59H46N2/c1-41-19-11-14-27-49(41)58-56(44-32-33-44)57-54(30-18-31-55(57)60-38-17-3-2-6-20-42-21-7-4-8-22-42)59(58)52-29-16-15-28-50(52)51-40-48(36-37-53(51)59)61(46-25-9-5-10-26-46)47-35-34-43-23-12-13-24-45(43)39-47/h2-31,34-40,44,60H,32-33H2,1H3/b3-2-,20-6-,38-17+. The molecule has 1 N–H and O–H groups in total. The number of anilines is 4. The molecule has 292 valence electrons. The molecule has 11 rings (SSSR count). The number of aryl methyl sites for hydroxylation is 1. The van der Waals surface area contributed by atoms with Gasteiger partial charge in [0.2, 0.25) is 0 Å². The van der Waals surface area contributed by atoms with E-state index < -0.39 is 5.41 Å². The smallest absolute Gasteiger partial charge is 0.0729 e. The minimum atomic E-state index is -0.492. The van der Waals surface area contributed by atoms with Gasteiger partial charge in [0.25, 0.3) is 0 Å². The topological polar surface area (TPSA) is 15.3 Å². The lowest BCUT2D eigenvalue weighted by atomic mass is 9.67. The molecule has 61 heavy (non-hydrogen) atoms. The van der Waals surface area contributed by atoms with Crippen LogP contribution in [0, 0.1) is 12.8 Å². The zero-order valence-electron chi connectivity index (χ0n) is 34.3. The SMILES string of the molecule is Cc1ccccc1C1=C(C2CC2)c2c(N/C=C/C=C\C=C/c3ccccc3)cccc2C12c1ccccc1-c1cc(N(c3ccccc3)c3ccc4ccccc4c3)ccc12. The highest BCUT2D eigenvalue weighted by Crippen LogP contribution is 2.68. The fourth-order valence-electron chi connectivity index (χ4n) is 10.1. The molecule has 0 bridgehead atoms. The monoisotopic (exact) mass is 782 g/mol. The first-order valence-electron chi connectivity index (χ1n) is 21.5. The third-order valence-electron chi connectivity index (χ3n) is 12.8. The highest BCUT2D eigenvalue weighted by atomic mass is 15.1. The second-order valence-electron chi connectivity index (χ2n) is 16.5.